The largest absolute Gasteiger partial charge is 0.340 e. The summed E-state index contributed by atoms with van der Waals surface area (Å²) in [7, 11) is 0. The van der Waals surface area contributed by atoms with Gasteiger partial charge >= 0.3 is 0 Å². The minimum atomic E-state index is -0.362. The number of piperidine rings is 1. The Morgan fingerprint density at radius 3 is 2.46 bits per heavy atom. The summed E-state index contributed by atoms with van der Waals surface area (Å²) in [5.74, 6) is 1.21. The molecule has 1 aliphatic heterocycles. The molecule has 1 aliphatic rings. The molecule has 1 amide bonds. The average Bonchev–Trinajstić information content (AvgIpc) is 3.05. The lowest BCUT2D eigenvalue weighted by molar-refractivity contribution is -0.137. The highest BCUT2D eigenvalue weighted by Crippen LogP contribution is 2.32. The van der Waals surface area contributed by atoms with Gasteiger partial charge in [0.2, 0.25) is 5.91 Å². The van der Waals surface area contributed by atoms with E-state index < -0.39 is 0 Å². The third kappa shape index (κ3) is 3.53. The first-order valence-electron chi connectivity index (χ1n) is 9.96. The molecule has 1 saturated heterocycles. The predicted octanol–water partition coefficient (Wildman–Crippen LogP) is 5.42. The first-order valence-corrected chi connectivity index (χ1v) is 10.3. The smallest absolute Gasteiger partial charge is 0.247 e. The molecular weight excluding hydrogens is 370 g/mol. The molecule has 146 valence electrons. The van der Waals surface area contributed by atoms with Gasteiger partial charge in [0.1, 0.15) is 11.7 Å². The van der Waals surface area contributed by atoms with E-state index in [1.165, 1.54) is 6.42 Å². The summed E-state index contributed by atoms with van der Waals surface area (Å²) in [6.07, 6.45) is 1.18. The standard InChI is InChI=1S/C23H26ClN3O/c1-15-11-16(2)14-26(13-15)23(28)17(3)27-21-10-9-19(24)12-20(21)22(25-27)18-7-5-4-6-8-18/h4-10,12,15-17H,11,13-14H2,1-3H3/t15-,16-,17+/m1/s1. The van der Waals surface area contributed by atoms with Crippen molar-refractivity contribution in [3.63, 3.8) is 0 Å². The van der Waals surface area contributed by atoms with Crippen LogP contribution >= 0.6 is 11.6 Å². The van der Waals surface area contributed by atoms with Gasteiger partial charge in [-0.2, -0.15) is 5.10 Å². The maximum Gasteiger partial charge on any atom is 0.247 e. The molecule has 4 rings (SSSR count). The second-order valence-corrected chi connectivity index (χ2v) is 8.62. The van der Waals surface area contributed by atoms with Crippen LogP contribution in [0.1, 0.15) is 33.2 Å². The molecule has 3 aromatic rings. The lowest BCUT2D eigenvalue weighted by Crippen LogP contribution is -2.45. The molecule has 0 unspecified atom stereocenters. The third-order valence-electron chi connectivity index (χ3n) is 5.62. The lowest BCUT2D eigenvalue weighted by Gasteiger charge is -2.36. The third-order valence-corrected chi connectivity index (χ3v) is 5.86. The molecule has 0 radical (unpaired) electrons. The maximum atomic E-state index is 13.3. The van der Waals surface area contributed by atoms with Crippen molar-refractivity contribution in [2.45, 2.75) is 33.2 Å². The Morgan fingerprint density at radius 1 is 1.11 bits per heavy atom. The molecule has 0 saturated carbocycles. The topological polar surface area (TPSA) is 38.1 Å². The van der Waals surface area contributed by atoms with Crippen molar-refractivity contribution in [3.8, 4) is 11.3 Å². The van der Waals surface area contributed by atoms with Crippen LogP contribution in [0.4, 0.5) is 0 Å². The van der Waals surface area contributed by atoms with Gasteiger partial charge in [-0.3, -0.25) is 9.48 Å². The SMILES string of the molecule is C[C@@H]1C[C@@H](C)CN(C(=O)[C@H](C)n2nc(-c3ccccc3)c3cc(Cl)ccc32)C1. The van der Waals surface area contributed by atoms with E-state index in [9.17, 15) is 4.79 Å². The lowest BCUT2D eigenvalue weighted by atomic mass is 9.91. The summed E-state index contributed by atoms with van der Waals surface area (Å²) in [4.78, 5) is 15.3. The van der Waals surface area contributed by atoms with Crippen LogP contribution in [0.2, 0.25) is 5.02 Å². The normalized spacial score (nSPS) is 21.1. The van der Waals surface area contributed by atoms with Crippen LogP contribution < -0.4 is 0 Å². The van der Waals surface area contributed by atoms with Gasteiger partial charge in [0.25, 0.3) is 0 Å². The molecule has 0 spiro atoms. The van der Waals surface area contributed by atoms with Gasteiger partial charge in [0.05, 0.1) is 5.52 Å². The van der Waals surface area contributed by atoms with Gasteiger partial charge < -0.3 is 4.90 Å². The summed E-state index contributed by atoms with van der Waals surface area (Å²) in [6.45, 7) is 8.04. The van der Waals surface area contributed by atoms with Crippen LogP contribution in [0.3, 0.4) is 0 Å². The van der Waals surface area contributed by atoms with Crippen molar-refractivity contribution in [1.82, 2.24) is 14.7 Å². The molecule has 28 heavy (non-hydrogen) atoms. The number of likely N-dealkylation sites (tertiary alicyclic amines) is 1. The quantitative estimate of drug-likeness (QED) is 0.593. The van der Waals surface area contributed by atoms with Crippen molar-refractivity contribution in [3.05, 3.63) is 53.6 Å². The number of aromatic nitrogens is 2. The highest BCUT2D eigenvalue weighted by molar-refractivity contribution is 6.31. The molecule has 1 aromatic heterocycles. The van der Waals surface area contributed by atoms with Crippen LogP contribution in [0.25, 0.3) is 22.2 Å². The summed E-state index contributed by atoms with van der Waals surface area (Å²) >= 11 is 6.27. The second kappa shape index (κ2) is 7.59. The number of halogens is 1. The number of carbonyl (C=O) groups is 1. The fourth-order valence-corrected chi connectivity index (χ4v) is 4.60. The van der Waals surface area contributed by atoms with Crippen LogP contribution in [0.5, 0.6) is 0 Å². The number of carbonyl (C=O) groups excluding carboxylic acids is 1. The zero-order chi connectivity index (χ0) is 19.8. The minimum absolute atomic E-state index is 0.136. The van der Waals surface area contributed by atoms with Crippen LogP contribution in [-0.4, -0.2) is 33.7 Å². The number of nitrogens with zero attached hydrogens (tertiary/aromatic N) is 3. The number of benzene rings is 2. The van der Waals surface area contributed by atoms with E-state index in [0.717, 1.165) is 35.2 Å². The van der Waals surface area contributed by atoms with Gasteiger partial charge in [-0.05, 0) is 43.4 Å². The fourth-order valence-electron chi connectivity index (χ4n) is 4.43. The summed E-state index contributed by atoms with van der Waals surface area (Å²) < 4.78 is 1.86. The van der Waals surface area contributed by atoms with E-state index in [1.807, 2.05) is 65.0 Å². The summed E-state index contributed by atoms with van der Waals surface area (Å²) in [6, 6.07) is 15.4. The average molecular weight is 396 g/mol. The Kier molecular flexibility index (Phi) is 5.15. The van der Waals surface area contributed by atoms with Crippen molar-refractivity contribution in [1.29, 1.82) is 0 Å². The van der Waals surface area contributed by atoms with Crippen molar-refractivity contribution >= 4 is 28.4 Å². The van der Waals surface area contributed by atoms with Gasteiger partial charge in [0, 0.05) is 29.1 Å². The summed E-state index contributed by atoms with van der Waals surface area (Å²) in [5, 5.41) is 6.50. The number of fused-ring (bicyclic) bond motifs is 1. The fraction of sp³-hybridized carbons (Fsp3) is 0.391. The van der Waals surface area contributed by atoms with Gasteiger partial charge in [-0.15, -0.1) is 0 Å². The Hall–Kier alpha value is -2.33. The van der Waals surface area contributed by atoms with Gasteiger partial charge in [-0.25, -0.2) is 0 Å². The van der Waals surface area contributed by atoms with E-state index in [-0.39, 0.29) is 11.9 Å². The van der Waals surface area contributed by atoms with Crippen LogP contribution in [-0.2, 0) is 4.79 Å². The maximum absolute atomic E-state index is 13.3. The molecule has 2 heterocycles. The van der Waals surface area contributed by atoms with Crippen molar-refractivity contribution in [2.24, 2.45) is 11.8 Å². The number of amides is 1. The Balaban J connectivity index is 1.75. The van der Waals surface area contributed by atoms with Gasteiger partial charge in [-0.1, -0.05) is 55.8 Å². The van der Waals surface area contributed by atoms with E-state index in [2.05, 4.69) is 13.8 Å². The van der Waals surface area contributed by atoms with Crippen LogP contribution in [0.15, 0.2) is 48.5 Å². The zero-order valence-electron chi connectivity index (χ0n) is 16.6. The predicted molar refractivity (Wildman–Crippen MR) is 114 cm³/mol. The first-order chi connectivity index (χ1) is 13.4. The molecule has 3 atom stereocenters. The minimum Gasteiger partial charge on any atom is -0.340 e. The van der Waals surface area contributed by atoms with E-state index in [0.29, 0.717) is 16.9 Å². The molecule has 1 fully saturated rings. The van der Waals surface area contributed by atoms with E-state index in [4.69, 9.17) is 16.7 Å². The Bertz CT molecular complexity index is 988. The van der Waals surface area contributed by atoms with E-state index in [1.54, 1.807) is 0 Å². The van der Waals surface area contributed by atoms with Gasteiger partial charge in [0.15, 0.2) is 0 Å². The second-order valence-electron chi connectivity index (χ2n) is 8.19. The van der Waals surface area contributed by atoms with Crippen LogP contribution in [0, 0.1) is 11.8 Å². The van der Waals surface area contributed by atoms with E-state index >= 15 is 0 Å². The van der Waals surface area contributed by atoms with Crippen molar-refractivity contribution < 1.29 is 4.79 Å². The molecule has 2 aromatic carbocycles. The molecule has 0 bridgehead atoms. The Labute approximate surface area is 171 Å². The Morgan fingerprint density at radius 2 is 1.79 bits per heavy atom. The zero-order valence-corrected chi connectivity index (χ0v) is 17.4. The number of hydrogen-bond acceptors (Lipinski definition) is 2. The molecule has 5 heteroatoms. The highest BCUT2D eigenvalue weighted by Gasteiger charge is 2.30. The number of hydrogen-bond donors (Lipinski definition) is 0. The number of rotatable bonds is 3. The monoisotopic (exact) mass is 395 g/mol. The molecule has 0 aliphatic carbocycles. The van der Waals surface area contributed by atoms with Crippen molar-refractivity contribution in [2.75, 3.05) is 13.1 Å². The highest BCUT2D eigenvalue weighted by atomic mass is 35.5. The molecule has 4 nitrogen and oxygen atoms in total. The molecule has 0 N–H and O–H groups in total. The first kappa shape index (κ1) is 19.0. The summed E-state index contributed by atoms with van der Waals surface area (Å²) in [5.41, 5.74) is 2.81. The molecular formula is C23H26ClN3O.